The molecule has 14 rings (SSSR count). The molecule has 74 heavy (non-hydrogen) atoms. The summed E-state index contributed by atoms with van der Waals surface area (Å²) in [5.41, 5.74) is 12.2. The molecule has 0 radical (unpaired) electrons. The first-order valence-electron chi connectivity index (χ1n) is 25.0. The summed E-state index contributed by atoms with van der Waals surface area (Å²) in [5, 5.41) is 4.60. The molecule has 0 bridgehead atoms. The smallest absolute Gasteiger partial charge is 0.165 e. The maximum Gasteiger partial charge on any atom is 0.165 e. The number of fused-ring (bicyclic) bond motifs is 6. The third kappa shape index (κ3) is 7.68. The summed E-state index contributed by atoms with van der Waals surface area (Å²) in [5.74, 6) is 5.44. The van der Waals surface area contributed by atoms with Gasteiger partial charge >= 0.3 is 0 Å². The Bertz CT molecular complexity index is 4220. The van der Waals surface area contributed by atoms with Crippen LogP contribution in [0.25, 0.3) is 123 Å². The fourth-order valence-corrected chi connectivity index (χ4v) is 10.4. The van der Waals surface area contributed by atoms with Crippen molar-refractivity contribution in [1.82, 2.24) is 49.0 Å². The predicted molar refractivity (Wildman–Crippen MR) is 297 cm³/mol. The summed E-state index contributed by atoms with van der Waals surface area (Å²) in [6.45, 7) is 0. The first-order chi connectivity index (χ1) is 36.7. The SMILES string of the molecule is C1=CCCC(c2nc(C3=CCCC=C3)nc(-c3ccc(-n4c5ccccc5c5cc(-c6ccc7c(c6)c6ccccc6n7-c6ccc(-c7nc(-c8ccccc8)nc(-c8ccccc8)n7)cn6)ccc54)nc3)n2)=C1. The Kier molecular flexibility index (Phi) is 10.5. The molecular formula is C64H44N10. The largest absolute Gasteiger partial charge is 0.294 e. The van der Waals surface area contributed by atoms with Crippen LogP contribution < -0.4 is 0 Å². The Morgan fingerprint density at radius 3 is 1.32 bits per heavy atom. The highest BCUT2D eigenvalue weighted by Crippen LogP contribution is 2.39. The lowest BCUT2D eigenvalue weighted by Crippen LogP contribution is -2.06. The van der Waals surface area contributed by atoms with Gasteiger partial charge in [-0.3, -0.25) is 9.13 Å². The zero-order valence-electron chi connectivity index (χ0n) is 40.1. The van der Waals surface area contributed by atoms with E-state index >= 15 is 0 Å². The highest BCUT2D eigenvalue weighted by Gasteiger charge is 2.20. The molecule has 6 aromatic carbocycles. The van der Waals surface area contributed by atoms with E-state index in [1.807, 2.05) is 79.1 Å². The van der Waals surface area contributed by atoms with E-state index in [0.29, 0.717) is 29.1 Å². The van der Waals surface area contributed by atoms with Crippen LogP contribution in [0.1, 0.15) is 37.3 Å². The summed E-state index contributed by atoms with van der Waals surface area (Å²) < 4.78 is 4.49. The summed E-state index contributed by atoms with van der Waals surface area (Å²) in [7, 11) is 0. The van der Waals surface area contributed by atoms with Crippen molar-refractivity contribution >= 4 is 54.8 Å². The molecule has 6 heterocycles. The molecule has 2 aliphatic rings. The van der Waals surface area contributed by atoms with E-state index in [0.717, 1.165) is 131 Å². The van der Waals surface area contributed by atoms with E-state index in [1.165, 1.54) is 0 Å². The minimum Gasteiger partial charge on any atom is -0.294 e. The molecule has 0 N–H and O–H groups in total. The van der Waals surface area contributed by atoms with Gasteiger partial charge in [0.2, 0.25) is 0 Å². The molecule has 350 valence electrons. The Morgan fingerprint density at radius 1 is 0.351 bits per heavy atom. The predicted octanol–water partition coefficient (Wildman–Crippen LogP) is 14.8. The van der Waals surface area contributed by atoms with Crippen LogP contribution in [0.5, 0.6) is 0 Å². The van der Waals surface area contributed by atoms with E-state index in [-0.39, 0.29) is 0 Å². The van der Waals surface area contributed by atoms with Crippen LogP contribution in [0.2, 0.25) is 0 Å². The fraction of sp³-hybridized carbons (Fsp3) is 0.0625. The van der Waals surface area contributed by atoms with Gasteiger partial charge in [0.25, 0.3) is 0 Å². The third-order valence-electron chi connectivity index (χ3n) is 14.0. The summed E-state index contributed by atoms with van der Waals surface area (Å²) in [4.78, 5) is 39.9. The van der Waals surface area contributed by atoms with Gasteiger partial charge in [-0.15, -0.1) is 0 Å². The van der Waals surface area contributed by atoms with Crippen LogP contribution in [0.15, 0.2) is 219 Å². The highest BCUT2D eigenvalue weighted by molar-refractivity contribution is 6.12. The van der Waals surface area contributed by atoms with Gasteiger partial charge in [-0.2, -0.15) is 0 Å². The van der Waals surface area contributed by atoms with E-state index in [2.05, 4.69) is 149 Å². The molecule has 0 aliphatic heterocycles. The van der Waals surface area contributed by atoms with E-state index in [1.54, 1.807) is 0 Å². The quantitative estimate of drug-likeness (QED) is 0.141. The number of aromatic nitrogens is 10. The number of hydrogen-bond acceptors (Lipinski definition) is 8. The number of hydrogen-bond donors (Lipinski definition) is 0. The molecule has 0 fully saturated rings. The molecule has 10 heteroatoms. The van der Waals surface area contributed by atoms with Gasteiger partial charge in [-0.25, -0.2) is 39.9 Å². The molecule has 0 saturated heterocycles. The summed E-state index contributed by atoms with van der Waals surface area (Å²) >= 11 is 0. The van der Waals surface area contributed by atoms with Crippen molar-refractivity contribution in [2.45, 2.75) is 25.7 Å². The molecule has 12 aromatic rings. The van der Waals surface area contributed by atoms with Crippen molar-refractivity contribution in [3.05, 3.63) is 230 Å². The number of allylic oxidation sites excluding steroid dienone is 8. The van der Waals surface area contributed by atoms with Crippen LogP contribution in [0.4, 0.5) is 0 Å². The van der Waals surface area contributed by atoms with Crippen LogP contribution in [-0.2, 0) is 0 Å². The molecule has 2 aliphatic carbocycles. The number of benzene rings is 6. The van der Waals surface area contributed by atoms with Crippen molar-refractivity contribution < 1.29 is 0 Å². The van der Waals surface area contributed by atoms with Gasteiger partial charge in [0, 0.05) is 61.8 Å². The molecule has 10 nitrogen and oxygen atoms in total. The topological polar surface area (TPSA) is 113 Å². The monoisotopic (exact) mass is 952 g/mol. The standard InChI is InChI=1S/C64H44N10/c1-5-17-41(18-6-1)59-67-60(42-19-7-2-8-20-42)70-63(69-59)47-31-35-57(65-39-47)73-53-27-15-13-25-49(53)51-37-45(29-33-55(51)73)46-30-34-56-52(38-46)50-26-14-16-28-54(50)74(56)58-36-32-48(40-66-58)64-71-61(43-21-9-3-10-22-43)68-62(72-64)44-23-11-4-12-24-44/h1-3,5-9,11,13-21,23-40H,4,10,12,22H2. The van der Waals surface area contributed by atoms with E-state index in [9.17, 15) is 0 Å². The average molecular weight is 953 g/mol. The highest BCUT2D eigenvalue weighted by atomic mass is 15.1. The van der Waals surface area contributed by atoms with Gasteiger partial charge in [-0.1, -0.05) is 146 Å². The molecule has 0 saturated carbocycles. The molecular weight excluding hydrogens is 909 g/mol. The lowest BCUT2D eigenvalue weighted by molar-refractivity contribution is 0.951. The van der Waals surface area contributed by atoms with Crippen LogP contribution in [0.3, 0.4) is 0 Å². The zero-order chi connectivity index (χ0) is 49.0. The van der Waals surface area contributed by atoms with Gasteiger partial charge < -0.3 is 0 Å². The molecule has 0 atom stereocenters. The van der Waals surface area contributed by atoms with Crippen LogP contribution in [0, 0.1) is 0 Å². The Morgan fingerprint density at radius 2 is 0.824 bits per heavy atom. The lowest BCUT2D eigenvalue weighted by atomic mass is 10.0. The Hall–Kier alpha value is -9.80. The van der Waals surface area contributed by atoms with Crippen molar-refractivity contribution in [3.8, 4) is 68.3 Å². The van der Waals surface area contributed by atoms with Crippen molar-refractivity contribution in [1.29, 1.82) is 0 Å². The average Bonchev–Trinajstić information content (AvgIpc) is 4.02. The molecule has 6 aromatic heterocycles. The first-order valence-corrected chi connectivity index (χ1v) is 25.0. The van der Waals surface area contributed by atoms with Gasteiger partial charge in [0.15, 0.2) is 34.9 Å². The number of para-hydroxylation sites is 2. The molecule has 0 spiro atoms. The first kappa shape index (κ1) is 43.0. The number of rotatable bonds is 9. The Balaban J connectivity index is 0.811. The van der Waals surface area contributed by atoms with Crippen molar-refractivity contribution in [2.75, 3.05) is 0 Å². The van der Waals surface area contributed by atoms with Crippen LogP contribution >= 0.6 is 0 Å². The van der Waals surface area contributed by atoms with Gasteiger partial charge in [-0.05, 0) is 103 Å². The number of pyridine rings is 2. The fourth-order valence-electron chi connectivity index (χ4n) is 10.4. The number of nitrogens with zero attached hydrogens (tertiary/aromatic N) is 10. The minimum absolute atomic E-state index is 0.563. The Labute approximate surface area is 426 Å². The summed E-state index contributed by atoms with van der Waals surface area (Å²) in [6.07, 6.45) is 20.5. The molecule has 0 amide bonds. The van der Waals surface area contributed by atoms with Crippen molar-refractivity contribution in [3.63, 3.8) is 0 Å². The van der Waals surface area contributed by atoms with Gasteiger partial charge in [0.1, 0.15) is 11.6 Å². The second kappa shape index (κ2) is 18.1. The maximum absolute atomic E-state index is 5.09. The van der Waals surface area contributed by atoms with Gasteiger partial charge in [0.05, 0.1) is 22.1 Å². The lowest BCUT2D eigenvalue weighted by Gasteiger charge is -2.13. The molecule has 0 unspecified atom stereocenters. The zero-order valence-corrected chi connectivity index (χ0v) is 40.1. The summed E-state index contributed by atoms with van der Waals surface area (Å²) in [6, 6.07) is 58.9. The normalized spacial score (nSPS) is 13.5. The van der Waals surface area contributed by atoms with E-state index in [4.69, 9.17) is 39.9 Å². The second-order valence-corrected chi connectivity index (χ2v) is 18.6. The second-order valence-electron chi connectivity index (χ2n) is 18.6. The van der Waals surface area contributed by atoms with Crippen molar-refractivity contribution in [2.24, 2.45) is 0 Å². The minimum atomic E-state index is 0.563. The maximum atomic E-state index is 5.09. The van der Waals surface area contributed by atoms with E-state index < -0.39 is 0 Å². The van der Waals surface area contributed by atoms with Crippen LogP contribution in [-0.4, -0.2) is 49.0 Å². The third-order valence-corrected chi connectivity index (χ3v) is 14.0.